The molecular formula is C20H31N3O2. The molecule has 0 unspecified atom stereocenters. The first kappa shape index (κ1) is 19.4. The monoisotopic (exact) mass is 345 g/mol. The fraction of sp³-hybridized carbons (Fsp3) is 0.650. The number of hydrogen-bond acceptors (Lipinski definition) is 3. The number of nitrogens with zero attached hydrogens (tertiary/aromatic N) is 1. The Kier molecular flexibility index (Phi) is 7.89. The van der Waals surface area contributed by atoms with Crippen molar-refractivity contribution >= 4 is 17.6 Å². The molecule has 25 heavy (non-hydrogen) atoms. The number of carbonyl (C=O) groups is 2. The zero-order chi connectivity index (χ0) is 18.1. The van der Waals surface area contributed by atoms with Gasteiger partial charge in [-0.25, -0.2) is 4.98 Å². The minimum Gasteiger partial charge on any atom is -0.355 e. The molecule has 0 bridgehead atoms. The van der Waals surface area contributed by atoms with Crippen molar-refractivity contribution in [2.75, 3.05) is 11.9 Å². The van der Waals surface area contributed by atoms with Crippen LogP contribution in [0.4, 0.5) is 5.82 Å². The van der Waals surface area contributed by atoms with E-state index in [1.54, 1.807) is 6.07 Å². The highest BCUT2D eigenvalue weighted by Crippen LogP contribution is 2.31. The Morgan fingerprint density at radius 3 is 2.64 bits per heavy atom. The van der Waals surface area contributed by atoms with E-state index in [0.717, 1.165) is 37.3 Å². The zero-order valence-corrected chi connectivity index (χ0v) is 15.5. The number of pyridine rings is 1. The maximum absolute atomic E-state index is 12.2. The lowest BCUT2D eigenvalue weighted by Crippen LogP contribution is -2.35. The summed E-state index contributed by atoms with van der Waals surface area (Å²) in [6.45, 7) is 4.49. The first-order valence-electron chi connectivity index (χ1n) is 9.59. The first-order chi connectivity index (χ1) is 12.1. The summed E-state index contributed by atoms with van der Waals surface area (Å²) in [5, 5.41) is 5.68. The summed E-state index contributed by atoms with van der Waals surface area (Å²) in [5.74, 6) is 1.47. The number of hydrogen-bond donors (Lipinski definition) is 2. The van der Waals surface area contributed by atoms with E-state index in [2.05, 4.69) is 22.5 Å². The van der Waals surface area contributed by atoms with E-state index in [1.165, 1.54) is 19.3 Å². The number of amides is 2. The number of carbonyl (C=O) groups excluding carboxylic acids is 2. The Morgan fingerprint density at radius 1 is 1.20 bits per heavy atom. The lowest BCUT2D eigenvalue weighted by Gasteiger charge is -2.27. The Labute approximate surface area is 151 Å². The minimum atomic E-state index is -0.123. The van der Waals surface area contributed by atoms with E-state index < -0.39 is 0 Å². The maximum Gasteiger partial charge on any atom is 0.227 e. The van der Waals surface area contributed by atoms with Crippen molar-refractivity contribution in [3.8, 4) is 0 Å². The summed E-state index contributed by atoms with van der Waals surface area (Å²) in [4.78, 5) is 28.4. The molecule has 1 saturated carbocycles. The van der Waals surface area contributed by atoms with Crippen LogP contribution in [0.5, 0.6) is 0 Å². The minimum absolute atomic E-state index is 0.107. The van der Waals surface area contributed by atoms with Crippen LogP contribution in [0.15, 0.2) is 18.2 Å². The second-order valence-electron chi connectivity index (χ2n) is 7.11. The van der Waals surface area contributed by atoms with Gasteiger partial charge in [-0.1, -0.05) is 32.3 Å². The molecule has 5 nitrogen and oxygen atoms in total. The van der Waals surface area contributed by atoms with Gasteiger partial charge >= 0.3 is 0 Å². The molecule has 2 N–H and O–H groups in total. The van der Waals surface area contributed by atoms with Crippen LogP contribution in [0, 0.1) is 18.8 Å². The third-order valence-corrected chi connectivity index (χ3v) is 4.99. The molecule has 1 aromatic heterocycles. The van der Waals surface area contributed by atoms with Crippen LogP contribution < -0.4 is 10.6 Å². The lowest BCUT2D eigenvalue weighted by atomic mass is 9.79. The van der Waals surface area contributed by atoms with Gasteiger partial charge in [0.25, 0.3) is 0 Å². The van der Waals surface area contributed by atoms with Crippen molar-refractivity contribution in [1.29, 1.82) is 0 Å². The molecule has 2 amide bonds. The van der Waals surface area contributed by atoms with Crippen molar-refractivity contribution in [2.45, 2.75) is 65.2 Å². The predicted molar refractivity (Wildman–Crippen MR) is 100 cm³/mol. The van der Waals surface area contributed by atoms with Crippen LogP contribution in [0.3, 0.4) is 0 Å². The normalized spacial score (nSPS) is 20.1. The lowest BCUT2D eigenvalue weighted by molar-refractivity contribution is -0.126. The Bertz CT molecular complexity index is 566. The second-order valence-corrected chi connectivity index (χ2v) is 7.11. The Balaban J connectivity index is 1.63. The number of unbranched alkanes of at least 4 members (excludes halogenated alkanes) is 1. The molecule has 0 aliphatic heterocycles. The SMILES string of the molecule is CCCCC1CCC(C(=O)NCCC(=O)Nc2cccc(C)n2)CC1. The molecule has 138 valence electrons. The van der Waals surface area contributed by atoms with Crippen LogP contribution in [0.1, 0.15) is 64.0 Å². The zero-order valence-electron chi connectivity index (χ0n) is 15.5. The van der Waals surface area contributed by atoms with Gasteiger partial charge < -0.3 is 10.6 Å². The van der Waals surface area contributed by atoms with Crippen LogP contribution in [-0.2, 0) is 9.59 Å². The molecule has 0 radical (unpaired) electrons. The maximum atomic E-state index is 12.2. The summed E-state index contributed by atoms with van der Waals surface area (Å²) in [6, 6.07) is 5.50. The fourth-order valence-electron chi connectivity index (χ4n) is 3.47. The van der Waals surface area contributed by atoms with Gasteiger partial charge in [0.1, 0.15) is 5.82 Å². The topological polar surface area (TPSA) is 71.1 Å². The Hall–Kier alpha value is -1.91. The highest BCUT2D eigenvalue weighted by molar-refractivity contribution is 5.90. The summed E-state index contributed by atoms with van der Waals surface area (Å²) in [6.07, 6.45) is 8.42. The van der Waals surface area contributed by atoms with Crippen molar-refractivity contribution in [3.05, 3.63) is 23.9 Å². The van der Waals surface area contributed by atoms with E-state index in [9.17, 15) is 9.59 Å². The summed E-state index contributed by atoms with van der Waals surface area (Å²) < 4.78 is 0. The molecule has 0 saturated heterocycles. The van der Waals surface area contributed by atoms with Crippen molar-refractivity contribution < 1.29 is 9.59 Å². The highest BCUT2D eigenvalue weighted by Gasteiger charge is 2.25. The van der Waals surface area contributed by atoms with Crippen LogP contribution in [0.25, 0.3) is 0 Å². The predicted octanol–water partition coefficient (Wildman–Crippen LogP) is 3.83. The third kappa shape index (κ3) is 6.85. The molecule has 0 spiro atoms. The molecule has 5 heteroatoms. The number of rotatable bonds is 8. The van der Waals surface area contributed by atoms with Gasteiger partial charge in [0.2, 0.25) is 11.8 Å². The van der Waals surface area contributed by atoms with Gasteiger partial charge in [-0.05, 0) is 50.7 Å². The number of nitrogens with one attached hydrogen (secondary N) is 2. The molecule has 0 atom stereocenters. The molecule has 1 heterocycles. The fourth-order valence-corrected chi connectivity index (χ4v) is 3.47. The average Bonchev–Trinajstić information content (AvgIpc) is 2.60. The van der Waals surface area contributed by atoms with Crippen LogP contribution in [0.2, 0.25) is 0 Å². The van der Waals surface area contributed by atoms with E-state index in [4.69, 9.17) is 0 Å². The first-order valence-corrected chi connectivity index (χ1v) is 9.59. The highest BCUT2D eigenvalue weighted by atomic mass is 16.2. The number of anilines is 1. The standard InChI is InChI=1S/C20H31N3O2/c1-3-4-7-16-9-11-17(12-10-16)20(25)21-14-13-19(24)23-18-8-5-6-15(2)22-18/h5-6,8,16-17H,3-4,7,9-14H2,1-2H3,(H,21,25)(H,22,23,24). The largest absolute Gasteiger partial charge is 0.355 e. The van der Waals surface area contributed by atoms with Crippen molar-refractivity contribution in [2.24, 2.45) is 11.8 Å². The molecule has 1 fully saturated rings. The van der Waals surface area contributed by atoms with Gasteiger partial charge in [-0.3, -0.25) is 9.59 Å². The van der Waals surface area contributed by atoms with Crippen LogP contribution >= 0.6 is 0 Å². The quantitative estimate of drug-likeness (QED) is 0.752. The summed E-state index contributed by atoms with van der Waals surface area (Å²) in [7, 11) is 0. The molecule has 1 aliphatic rings. The molecule has 1 aliphatic carbocycles. The number of aryl methyl sites for hydroxylation is 1. The molecule has 2 rings (SSSR count). The second kappa shape index (κ2) is 10.2. The van der Waals surface area contributed by atoms with Crippen molar-refractivity contribution in [3.63, 3.8) is 0 Å². The molecule has 1 aromatic rings. The third-order valence-electron chi connectivity index (χ3n) is 4.99. The van der Waals surface area contributed by atoms with Crippen LogP contribution in [-0.4, -0.2) is 23.3 Å². The van der Waals surface area contributed by atoms with Gasteiger partial charge in [0.15, 0.2) is 0 Å². The van der Waals surface area contributed by atoms with Gasteiger partial charge in [-0.2, -0.15) is 0 Å². The summed E-state index contributed by atoms with van der Waals surface area (Å²) in [5.41, 5.74) is 0.862. The molecular weight excluding hydrogens is 314 g/mol. The van der Waals surface area contributed by atoms with E-state index in [-0.39, 0.29) is 24.2 Å². The average molecular weight is 345 g/mol. The summed E-state index contributed by atoms with van der Waals surface area (Å²) >= 11 is 0. The number of aromatic nitrogens is 1. The van der Waals surface area contributed by atoms with E-state index in [0.29, 0.717) is 12.4 Å². The molecule has 0 aromatic carbocycles. The van der Waals surface area contributed by atoms with Gasteiger partial charge in [0.05, 0.1) is 0 Å². The Morgan fingerprint density at radius 2 is 1.96 bits per heavy atom. The van der Waals surface area contributed by atoms with Crippen molar-refractivity contribution in [1.82, 2.24) is 10.3 Å². The smallest absolute Gasteiger partial charge is 0.227 e. The van der Waals surface area contributed by atoms with E-state index >= 15 is 0 Å². The van der Waals surface area contributed by atoms with E-state index in [1.807, 2.05) is 19.1 Å². The van der Waals surface area contributed by atoms with Gasteiger partial charge in [0, 0.05) is 24.6 Å². The van der Waals surface area contributed by atoms with Gasteiger partial charge in [-0.15, -0.1) is 0 Å².